The minimum absolute atomic E-state index is 0.172. The molecule has 4 nitrogen and oxygen atoms in total. The second kappa shape index (κ2) is 6.80. The number of unbranched alkanes of at least 4 members (excludes halogenated alkanes) is 1. The van der Waals surface area contributed by atoms with Crippen LogP contribution in [0.5, 0.6) is 0 Å². The lowest BCUT2D eigenvalue weighted by Crippen LogP contribution is -2.35. The maximum atomic E-state index is 11.8. The van der Waals surface area contributed by atoms with E-state index in [0.29, 0.717) is 13.0 Å². The molecule has 4 heteroatoms. The fourth-order valence-corrected chi connectivity index (χ4v) is 1.80. The lowest BCUT2D eigenvalue weighted by Gasteiger charge is -2.22. The molecule has 0 radical (unpaired) electrons. The molecule has 1 rings (SSSR count). The number of carbonyl (C=O) groups is 1. The van der Waals surface area contributed by atoms with E-state index in [0.717, 1.165) is 39.0 Å². The fraction of sp³-hybridized carbons (Fsp3) is 0.909. The molecule has 2 N–H and O–H groups in total. The number of hydrogen-bond acceptors (Lipinski definition) is 3. The van der Waals surface area contributed by atoms with Crippen molar-refractivity contribution in [3.63, 3.8) is 0 Å². The molecule has 1 atom stereocenters. The Morgan fingerprint density at radius 2 is 2.33 bits per heavy atom. The topological polar surface area (TPSA) is 55.6 Å². The number of nitrogens with two attached hydrogens (primary N) is 1. The summed E-state index contributed by atoms with van der Waals surface area (Å²) < 4.78 is 5.49. The van der Waals surface area contributed by atoms with Crippen molar-refractivity contribution < 1.29 is 9.53 Å². The first-order chi connectivity index (χ1) is 7.24. The highest BCUT2D eigenvalue weighted by Gasteiger charge is 2.18. The summed E-state index contributed by atoms with van der Waals surface area (Å²) in [4.78, 5) is 13.7. The van der Waals surface area contributed by atoms with Crippen molar-refractivity contribution >= 4 is 5.91 Å². The highest BCUT2D eigenvalue weighted by molar-refractivity contribution is 5.76. The smallest absolute Gasteiger partial charge is 0.222 e. The van der Waals surface area contributed by atoms with E-state index in [1.54, 1.807) is 0 Å². The first-order valence-corrected chi connectivity index (χ1v) is 5.83. The Morgan fingerprint density at radius 3 is 3.07 bits per heavy atom. The van der Waals surface area contributed by atoms with E-state index in [-0.39, 0.29) is 12.0 Å². The van der Waals surface area contributed by atoms with Gasteiger partial charge >= 0.3 is 0 Å². The predicted octanol–water partition coefficient (Wildman–Crippen LogP) is 0.753. The van der Waals surface area contributed by atoms with Gasteiger partial charge in [-0.25, -0.2) is 0 Å². The van der Waals surface area contributed by atoms with Gasteiger partial charge in [-0.05, 0) is 32.7 Å². The Labute approximate surface area is 91.8 Å². The van der Waals surface area contributed by atoms with Crippen LogP contribution >= 0.6 is 0 Å². The maximum absolute atomic E-state index is 11.8. The standard InChI is InChI=1S/C11H22N2O2/c1-10-9-13(7-4-8-15-10)11(14)5-2-3-6-12/h10H,2-9,12H2,1H3. The van der Waals surface area contributed by atoms with Crippen LogP contribution in [0, 0.1) is 0 Å². The molecule has 88 valence electrons. The SMILES string of the molecule is CC1CN(C(=O)CCCCN)CCCO1. The number of ether oxygens (including phenoxy) is 1. The average Bonchev–Trinajstić information content (AvgIpc) is 2.43. The van der Waals surface area contributed by atoms with Gasteiger partial charge in [0.1, 0.15) is 0 Å². The highest BCUT2D eigenvalue weighted by atomic mass is 16.5. The molecule has 0 saturated carbocycles. The molecule has 0 bridgehead atoms. The van der Waals surface area contributed by atoms with E-state index >= 15 is 0 Å². The zero-order valence-corrected chi connectivity index (χ0v) is 9.58. The second-order valence-electron chi connectivity index (χ2n) is 4.12. The summed E-state index contributed by atoms with van der Waals surface area (Å²) in [5, 5.41) is 0. The Hall–Kier alpha value is -0.610. The average molecular weight is 214 g/mol. The largest absolute Gasteiger partial charge is 0.377 e. The molecular weight excluding hydrogens is 192 g/mol. The van der Waals surface area contributed by atoms with Gasteiger partial charge in [-0.15, -0.1) is 0 Å². The number of rotatable bonds is 4. The summed E-state index contributed by atoms with van der Waals surface area (Å²) in [6, 6.07) is 0. The zero-order chi connectivity index (χ0) is 11.1. The maximum Gasteiger partial charge on any atom is 0.222 e. The monoisotopic (exact) mass is 214 g/mol. The Bertz CT molecular complexity index is 197. The second-order valence-corrected chi connectivity index (χ2v) is 4.12. The van der Waals surface area contributed by atoms with Gasteiger partial charge < -0.3 is 15.4 Å². The third-order valence-corrected chi connectivity index (χ3v) is 2.65. The van der Waals surface area contributed by atoms with Crippen molar-refractivity contribution in [2.45, 2.75) is 38.7 Å². The molecule has 0 spiro atoms. The highest BCUT2D eigenvalue weighted by Crippen LogP contribution is 2.08. The first-order valence-electron chi connectivity index (χ1n) is 5.83. The van der Waals surface area contributed by atoms with Gasteiger partial charge in [0.05, 0.1) is 6.10 Å². The van der Waals surface area contributed by atoms with Crippen LogP contribution < -0.4 is 5.73 Å². The normalized spacial score (nSPS) is 22.5. The molecule has 15 heavy (non-hydrogen) atoms. The van der Waals surface area contributed by atoms with Crippen molar-refractivity contribution in [2.24, 2.45) is 5.73 Å². The molecular formula is C11H22N2O2. The van der Waals surface area contributed by atoms with Crippen LogP contribution in [0.3, 0.4) is 0 Å². The summed E-state index contributed by atoms with van der Waals surface area (Å²) in [6.45, 7) is 5.04. The van der Waals surface area contributed by atoms with E-state index < -0.39 is 0 Å². The lowest BCUT2D eigenvalue weighted by atomic mass is 10.2. The number of carbonyl (C=O) groups excluding carboxylic acids is 1. The lowest BCUT2D eigenvalue weighted by molar-refractivity contribution is -0.132. The molecule has 0 aromatic heterocycles. The van der Waals surface area contributed by atoms with Gasteiger partial charge in [-0.1, -0.05) is 0 Å². The Balaban J connectivity index is 2.29. The molecule has 1 aliphatic rings. The van der Waals surface area contributed by atoms with E-state index in [2.05, 4.69) is 0 Å². The zero-order valence-electron chi connectivity index (χ0n) is 9.58. The van der Waals surface area contributed by atoms with Gasteiger partial charge in [0, 0.05) is 26.1 Å². The van der Waals surface area contributed by atoms with Gasteiger partial charge in [0.25, 0.3) is 0 Å². The Morgan fingerprint density at radius 1 is 1.53 bits per heavy atom. The molecule has 1 fully saturated rings. The molecule has 1 aliphatic heterocycles. The van der Waals surface area contributed by atoms with Crippen LogP contribution in [-0.4, -0.2) is 43.2 Å². The van der Waals surface area contributed by atoms with E-state index in [1.165, 1.54) is 0 Å². The predicted molar refractivity (Wildman–Crippen MR) is 59.5 cm³/mol. The molecule has 1 amide bonds. The summed E-state index contributed by atoms with van der Waals surface area (Å²) in [5.41, 5.74) is 5.40. The van der Waals surface area contributed by atoms with E-state index in [9.17, 15) is 4.79 Å². The minimum atomic E-state index is 0.172. The van der Waals surface area contributed by atoms with E-state index in [1.807, 2.05) is 11.8 Å². The van der Waals surface area contributed by atoms with Crippen molar-refractivity contribution in [1.82, 2.24) is 4.90 Å². The molecule has 1 saturated heterocycles. The molecule has 0 aromatic rings. The van der Waals surface area contributed by atoms with Crippen LogP contribution in [0.1, 0.15) is 32.6 Å². The van der Waals surface area contributed by atoms with Crippen molar-refractivity contribution in [3.8, 4) is 0 Å². The first kappa shape index (κ1) is 12.5. The molecule has 1 heterocycles. The molecule has 1 unspecified atom stereocenters. The van der Waals surface area contributed by atoms with Gasteiger partial charge in [0.2, 0.25) is 5.91 Å². The van der Waals surface area contributed by atoms with Gasteiger partial charge in [-0.2, -0.15) is 0 Å². The fourth-order valence-electron chi connectivity index (χ4n) is 1.80. The minimum Gasteiger partial charge on any atom is -0.377 e. The van der Waals surface area contributed by atoms with Crippen molar-refractivity contribution in [1.29, 1.82) is 0 Å². The van der Waals surface area contributed by atoms with E-state index in [4.69, 9.17) is 10.5 Å². The summed E-state index contributed by atoms with van der Waals surface area (Å²) in [5.74, 6) is 0.251. The van der Waals surface area contributed by atoms with Crippen LogP contribution in [0.4, 0.5) is 0 Å². The molecule has 0 aromatic carbocycles. The summed E-state index contributed by atoms with van der Waals surface area (Å²) >= 11 is 0. The third-order valence-electron chi connectivity index (χ3n) is 2.65. The quantitative estimate of drug-likeness (QED) is 0.703. The summed E-state index contributed by atoms with van der Waals surface area (Å²) in [7, 11) is 0. The molecule has 0 aliphatic carbocycles. The van der Waals surface area contributed by atoms with Crippen LogP contribution in [0.25, 0.3) is 0 Å². The van der Waals surface area contributed by atoms with Crippen LogP contribution in [0.15, 0.2) is 0 Å². The Kier molecular flexibility index (Phi) is 5.65. The number of hydrogen-bond donors (Lipinski definition) is 1. The number of nitrogens with zero attached hydrogens (tertiary/aromatic N) is 1. The third kappa shape index (κ3) is 4.62. The van der Waals surface area contributed by atoms with Crippen molar-refractivity contribution in [2.75, 3.05) is 26.2 Å². The van der Waals surface area contributed by atoms with Crippen LogP contribution in [-0.2, 0) is 9.53 Å². The van der Waals surface area contributed by atoms with Gasteiger partial charge in [-0.3, -0.25) is 4.79 Å². The number of amides is 1. The van der Waals surface area contributed by atoms with Gasteiger partial charge in [0.15, 0.2) is 0 Å². The van der Waals surface area contributed by atoms with Crippen LogP contribution in [0.2, 0.25) is 0 Å². The van der Waals surface area contributed by atoms with Crippen molar-refractivity contribution in [3.05, 3.63) is 0 Å². The summed E-state index contributed by atoms with van der Waals surface area (Å²) in [6.07, 6.45) is 3.59.